The number of hydrogen-bond acceptors (Lipinski definition) is 24. The number of likely N-dealkylation sites (N-methyl/N-ethyl adjacent to an activating group) is 2. The molecule has 4 amide bonds. The number of aryl methyl sites for hydroxylation is 2. The zero-order valence-corrected chi connectivity index (χ0v) is 62.4. The van der Waals surface area contributed by atoms with E-state index in [1.165, 1.54) is 21.0 Å². The van der Waals surface area contributed by atoms with E-state index >= 15 is 0 Å². The number of aromatic hydroxyl groups is 1. The quantitative estimate of drug-likeness (QED) is 0.0292. The molecule has 28 nitrogen and oxygen atoms in total. The Kier molecular flexibility index (Phi) is 23.9. The zero-order valence-electron chi connectivity index (χ0n) is 60.9. The van der Waals surface area contributed by atoms with Crippen molar-refractivity contribution in [2.24, 2.45) is 0 Å². The van der Waals surface area contributed by atoms with Gasteiger partial charge in [-0.25, -0.2) is 9.59 Å². The minimum Gasteiger partial charge on any atom is -0.507 e. The standard InChI is InChI=1S/C36H47N5O9.C35H45N5O9.CH3.Pd/c1-17-10-20-11-22-24(13-37)41-23(28(40(22)7)26(20)32(30(17)46-9)47-15-45-8)12-21-27(33-31(48-16-49-33)18(2)29(21)42)25(41)14-38-34(43)19(3)39-35(44)50-36(4,5)6;1-16-10-19-11-21-23(13-36)40-22(27(39(21)7)25(19)32(31(16)47-9)48-15-46-8)12-20-26(30(43)29(42)17(2)28(20)41)24(40)14-37-33(44)18(3)38-34(45)49-35(4,5)6;;/h10,19,22-25,28,42H,11-12,14-16H2,1-9H3,(H,38,43)(H,39,44);10,18,21-24,27,41H,11-12,14-15H2,1-9H3,(H,37,44)(H,38,45);1H3;/q;;-1;/t19-,22-,23?,24-,25-,28-;18-,21+,22?,23+,24+,27+;;/m01../s1. The van der Waals surface area contributed by atoms with Crippen LogP contribution < -0.4 is 49.7 Å². The van der Waals surface area contributed by atoms with Crippen LogP contribution >= 0.6 is 0 Å². The summed E-state index contributed by atoms with van der Waals surface area (Å²) in [6, 6.07) is 2.23. The van der Waals surface area contributed by atoms with E-state index < -0.39 is 95.1 Å². The zero-order chi connectivity index (χ0) is 72.3. The minimum atomic E-state index is -1.01. The number of phenols is 1. The van der Waals surface area contributed by atoms with Crippen LogP contribution in [-0.2, 0) is 77.8 Å². The molecule has 3 aromatic rings. The number of alkyl carbamates (subject to hydrolysis) is 2. The number of methoxy groups -OCH3 is 4. The topological polar surface area (TPSA) is 344 Å². The van der Waals surface area contributed by atoms with Crippen molar-refractivity contribution in [3.8, 4) is 52.4 Å². The Hall–Kier alpha value is -8.24. The monoisotopic (exact) mass is 1490 g/mol. The smallest absolute Gasteiger partial charge is 0.408 e. The molecule has 3 aromatic carbocycles. The number of amides is 4. The van der Waals surface area contributed by atoms with E-state index in [2.05, 4.69) is 54.2 Å². The number of nitrogens with zero attached hydrogens (tertiary/aromatic N) is 6. The maximum absolute atomic E-state index is 13.7. The number of ether oxygens (including phenoxy) is 10. The van der Waals surface area contributed by atoms with E-state index in [4.69, 9.17) is 47.4 Å². The van der Waals surface area contributed by atoms with Crippen LogP contribution in [0.2, 0.25) is 0 Å². The molecule has 7 aliphatic heterocycles. The van der Waals surface area contributed by atoms with Gasteiger partial charge in [0.1, 0.15) is 46.9 Å². The summed E-state index contributed by atoms with van der Waals surface area (Å²) in [4.78, 5) is 87.0. The van der Waals surface area contributed by atoms with Crippen molar-refractivity contribution in [3.05, 3.63) is 92.1 Å². The summed E-state index contributed by atoms with van der Waals surface area (Å²) >= 11 is 0. The summed E-state index contributed by atoms with van der Waals surface area (Å²) < 4.78 is 57.2. The van der Waals surface area contributed by atoms with Crippen LogP contribution in [0, 0.1) is 50.9 Å². The average molecular weight is 1500 g/mol. The van der Waals surface area contributed by atoms with Gasteiger partial charge in [0.25, 0.3) is 0 Å². The van der Waals surface area contributed by atoms with Gasteiger partial charge in [0.15, 0.2) is 48.1 Å². The molecule has 2 saturated heterocycles. The van der Waals surface area contributed by atoms with E-state index in [0.29, 0.717) is 76.0 Å². The Morgan fingerprint density at radius 1 is 0.634 bits per heavy atom. The van der Waals surface area contributed by atoms with Crippen molar-refractivity contribution in [3.63, 3.8) is 0 Å². The Labute approximate surface area is 603 Å². The van der Waals surface area contributed by atoms with Crippen molar-refractivity contribution >= 4 is 35.6 Å². The first-order valence-electron chi connectivity index (χ1n) is 33.1. The second-order valence-corrected chi connectivity index (χ2v) is 28.4. The maximum Gasteiger partial charge on any atom is 0.408 e. The maximum atomic E-state index is 13.7. The molecule has 0 spiro atoms. The van der Waals surface area contributed by atoms with Gasteiger partial charge >= 0.3 is 12.2 Å². The Bertz CT molecular complexity index is 3930. The number of carbonyl (C=O) groups is 6. The van der Waals surface area contributed by atoms with Crippen LogP contribution in [0.1, 0.15) is 137 Å². The largest absolute Gasteiger partial charge is 0.507 e. The average Bonchev–Trinajstić information content (AvgIpc) is 1.14. The van der Waals surface area contributed by atoms with Crippen LogP contribution in [-0.4, -0.2) is 207 Å². The number of Topliss-reactive ketones (excluding diaryl/α,β-unsaturated/α-hetero) is 2. The van der Waals surface area contributed by atoms with Gasteiger partial charge in [-0.15, -0.1) is 0 Å². The third-order valence-corrected chi connectivity index (χ3v) is 20.0. The van der Waals surface area contributed by atoms with Crippen molar-refractivity contribution in [2.45, 2.75) is 192 Å². The number of ketones is 2. The van der Waals surface area contributed by atoms with Gasteiger partial charge in [0.2, 0.25) is 30.2 Å². The molecule has 7 heterocycles. The van der Waals surface area contributed by atoms with E-state index in [-0.39, 0.29) is 115 Å². The molecule has 4 bridgehead atoms. The van der Waals surface area contributed by atoms with Crippen molar-refractivity contribution in [1.29, 1.82) is 10.5 Å². The predicted octanol–water partition coefficient (Wildman–Crippen LogP) is 6.52. The number of benzene rings is 3. The number of allylic oxidation sites excluding steroid dienone is 2. The van der Waals surface area contributed by atoms with Crippen molar-refractivity contribution < 1.29 is 107 Å². The summed E-state index contributed by atoms with van der Waals surface area (Å²) in [5.41, 5.74) is 6.28. The van der Waals surface area contributed by atoms with Crippen LogP contribution in [0.25, 0.3) is 0 Å². The molecule has 6 N–H and O–H groups in total. The Balaban J connectivity index is 0.000000252. The number of nitrogens with one attached hydrogen (secondary N) is 4. The number of fused-ring (bicyclic) bond motifs is 15. The number of phenolic OH excluding ortho intramolecular Hbond substituents is 1. The molecule has 552 valence electrons. The molecule has 11 rings (SSSR count). The van der Waals surface area contributed by atoms with E-state index in [1.807, 2.05) is 38.9 Å². The summed E-state index contributed by atoms with van der Waals surface area (Å²) in [6.45, 7) is 20.3. The van der Waals surface area contributed by atoms with Gasteiger partial charge in [0, 0.05) is 116 Å². The number of aliphatic hydroxyl groups is 1. The summed E-state index contributed by atoms with van der Waals surface area (Å²) in [5.74, 6) is 0.359. The van der Waals surface area contributed by atoms with E-state index in [1.54, 1.807) is 76.7 Å². The third-order valence-electron chi connectivity index (χ3n) is 20.0. The van der Waals surface area contributed by atoms with Crippen LogP contribution in [0.15, 0.2) is 34.6 Å². The molecule has 12 atom stereocenters. The molecular formula is C72H95N10O18Pd-. The molecule has 101 heavy (non-hydrogen) atoms. The number of carbonyl (C=O) groups excluding carboxylic acids is 6. The number of hydrogen-bond donors (Lipinski definition) is 6. The van der Waals surface area contributed by atoms with Crippen molar-refractivity contribution in [2.75, 3.05) is 76.0 Å². The molecule has 0 saturated carbocycles. The first kappa shape index (κ1) is 78.5. The third kappa shape index (κ3) is 14.5. The van der Waals surface area contributed by atoms with Gasteiger partial charge in [-0.1, -0.05) is 12.1 Å². The van der Waals surface area contributed by atoms with Gasteiger partial charge < -0.3 is 86.3 Å². The van der Waals surface area contributed by atoms with Crippen LogP contribution in [0.3, 0.4) is 0 Å². The Morgan fingerprint density at radius 3 is 1.50 bits per heavy atom. The second-order valence-electron chi connectivity index (χ2n) is 28.4. The Morgan fingerprint density at radius 2 is 1.07 bits per heavy atom. The second kappa shape index (κ2) is 30.8. The fourth-order valence-electron chi connectivity index (χ4n) is 15.9. The minimum absolute atomic E-state index is 0. The molecule has 1 aliphatic carbocycles. The predicted molar refractivity (Wildman–Crippen MR) is 363 cm³/mol. The van der Waals surface area contributed by atoms with E-state index in [0.717, 1.165) is 33.4 Å². The van der Waals surface area contributed by atoms with Crippen LogP contribution in [0.5, 0.6) is 40.2 Å². The molecule has 8 aliphatic rings. The van der Waals surface area contributed by atoms with Gasteiger partial charge in [-0.05, 0) is 145 Å². The normalized spacial score (nSPS) is 24.5. The molecule has 2 unspecified atom stereocenters. The first-order chi connectivity index (χ1) is 46.8. The van der Waals surface area contributed by atoms with Crippen molar-refractivity contribution in [1.82, 2.24) is 40.9 Å². The molecule has 29 heteroatoms. The molecule has 2 fully saturated rings. The summed E-state index contributed by atoms with van der Waals surface area (Å²) in [7, 11) is 10.2. The number of aliphatic hydroxyl groups excluding tert-OH is 1. The van der Waals surface area contributed by atoms with Gasteiger partial charge in [0.05, 0.1) is 50.5 Å². The van der Waals surface area contributed by atoms with E-state index in [9.17, 15) is 49.5 Å². The number of piperazine rings is 2. The molecule has 0 radical (unpaired) electrons. The summed E-state index contributed by atoms with van der Waals surface area (Å²) in [6.07, 6.45) is 0.0636. The fourth-order valence-corrected chi connectivity index (χ4v) is 15.9. The van der Waals surface area contributed by atoms with Gasteiger partial charge in [-0.3, -0.25) is 38.8 Å². The number of nitriles is 2. The summed E-state index contributed by atoms with van der Waals surface area (Å²) in [5, 5.41) is 55.7. The molecule has 0 aromatic heterocycles. The molecular weight excluding hydrogens is 1400 g/mol. The van der Waals surface area contributed by atoms with Crippen LogP contribution in [0.4, 0.5) is 9.59 Å². The first-order valence-corrected chi connectivity index (χ1v) is 33.1. The fraction of sp³-hybridized carbons (Fsp3) is 0.569. The van der Waals surface area contributed by atoms with Gasteiger partial charge in [-0.2, -0.15) is 10.5 Å². The number of rotatable bonds is 16. The SMILES string of the molecule is COCOc1c(OC)c(C)cc2c1[C@@H]1C3CC4=C(C(=O)C(=O)C(C)=C4O)[C@H](CNC(=O)[C@@H](C)NC(=O)OC(C)(C)C)N3[C@@H](C#N)[C@H](C2)N1C.COCOc1c(OC)c(C)cc2c1[C@@H]1C3Cc4c(O)c(C)c5c(c4[C@H](CNC(=O)[C@H](C)NC(=O)OC(C)(C)C)N3[C@@H](C#N)[C@H](C2)N1C)OCO5.[CH3-].[Pd].